The molecule has 1 aliphatic rings. The Morgan fingerprint density at radius 2 is 2.26 bits per heavy atom. The first-order valence-corrected chi connectivity index (χ1v) is 8.67. The topological polar surface area (TPSA) is 87.8 Å². The summed E-state index contributed by atoms with van der Waals surface area (Å²) < 4.78 is 1.31. The first-order valence-electron chi connectivity index (χ1n) is 7.85. The van der Waals surface area contributed by atoms with Gasteiger partial charge in [-0.3, -0.25) is 9.59 Å². The van der Waals surface area contributed by atoms with Gasteiger partial charge in [-0.1, -0.05) is 31.6 Å². The van der Waals surface area contributed by atoms with Crippen molar-refractivity contribution in [2.75, 3.05) is 18.0 Å². The molecule has 2 aromatic rings. The van der Waals surface area contributed by atoms with Crippen LogP contribution in [0.15, 0.2) is 10.9 Å². The van der Waals surface area contributed by atoms with E-state index in [2.05, 4.69) is 10.1 Å². The lowest BCUT2D eigenvalue weighted by Crippen LogP contribution is -2.42. The molecule has 3 heterocycles. The summed E-state index contributed by atoms with van der Waals surface area (Å²) in [6.07, 6.45) is 2.37. The maximum Gasteiger partial charge on any atom is 0.308 e. The number of nitrogens with zero attached hydrogens (tertiary/aromatic N) is 4. The van der Waals surface area contributed by atoms with Gasteiger partial charge in [0.1, 0.15) is 0 Å². The number of carboxylic acids is 1. The van der Waals surface area contributed by atoms with Crippen molar-refractivity contribution in [3.63, 3.8) is 0 Å². The van der Waals surface area contributed by atoms with Gasteiger partial charge in [0, 0.05) is 24.8 Å². The Hall–Kier alpha value is -1.96. The van der Waals surface area contributed by atoms with Gasteiger partial charge in [-0.15, -0.1) is 5.10 Å². The number of aryl methyl sites for hydroxylation is 1. The summed E-state index contributed by atoms with van der Waals surface area (Å²) in [5.41, 5.74) is 0.601. The van der Waals surface area contributed by atoms with Gasteiger partial charge in [-0.2, -0.15) is 4.52 Å². The van der Waals surface area contributed by atoms with Gasteiger partial charge in [-0.05, 0) is 18.8 Å². The van der Waals surface area contributed by atoms with E-state index in [1.165, 1.54) is 21.9 Å². The molecule has 0 aromatic carbocycles. The summed E-state index contributed by atoms with van der Waals surface area (Å²) in [5, 5.41) is 14.3. The van der Waals surface area contributed by atoms with Gasteiger partial charge in [-0.25, -0.2) is 4.98 Å². The maximum atomic E-state index is 12.2. The SMILES string of the molecule is CCCc1cc(=O)n2nc(N3CC(C)CC(C(=O)O)C3)sc2n1. The van der Waals surface area contributed by atoms with Crippen molar-refractivity contribution in [3.05, 3.63) is 22.1 Å². The molecule has 3 rings (SSSR count). The summed E-state index contributed by atoms with van der Waals surface area (Å²) >= 11 is 1.35. The molecule has 2 unspecified atom stereocenters. The zero-order valence-corrected chi connectivity index (χ0v) is 14.0. The quantitative estimate of drug-likeness (QED) is 0.913. The van der Waals surface area contributed by atoms with Gasteiger partial charge in [0.15, 0.2) is 0 Å². The van der Waals surface area contributed by atoms with E-state index >= 15 is 0 Å². The smallest absolute Gasteiger partial charge is 0.308 e. The lowest BCUT2D eigenvalue weighted by Gasteiger charge is -2.34. The van der Waals surface area contributed by atoms with E-state index in [1.807, 2.05) is 18.7 Å². The Bertz CT molecular complexity index is 785. The predicted octanol–water partition coefficient (Wildman–Crippen LogP) is 1.65. The minimum Gasteiger partial charge on any atom is -0.481 e. The molecule has 1 aliphatic heterocycles. The number of rotatable bonds is 4. The molecule has 2 atom stereocenters. The van der Waals surface area contributed by atoms with Crippen molar-refractivity contribution in [1.82, 2.24) is 14.6 Å². The number of carboxylic acid groups (broad SMARTS) is 1. The van der Waals surface area contributed by atoms with E-state index in [4.69, 9.17) is 0 Å². The molecule has 1 saturated heterocycles. The van der Waals surface area contributed by atoms with E-state index in [0.29, 0.717) is 23.1 Å². The second kappa shape index (κ2) is 6.27. The van der Waals surface area contributed by atoms with E-state index in [1.54, 1.807) is 0 Å². The van der Waals surface area contributed by atoms with Crippen LogP contribution in [-0.4, -0.2) is 38.8 Å². The molecule has 0 spiro atoms. The number of hydrogen-bond acceptors (Lipinski definition) is 6. The fourth-order valence-corrected chi connectivity index (χ4v) is 3.99. The number of aromatic nitrogens is 3. The zero-order valence-electron chi connectivity index (χ0n) is 13.2. The van der Waals surface area contributed by atoms with Gasteiger partial charge in [0.05, 0.1) is 5.92 Å². The predicted molar refractivity (Wildman–Crippen MR) is 88.2 cm³/mol. The standard InChI is InChI=1S/C15H20N4O3S/c1-3-4-11-6-12(20)19-14(16-11)23-15(17-19)18-7-9(2)5-10(8-18)13(21)22/h6,9-10H,3-5,7-8H2,1-2H3,(H,21,22). The van der Waals surface area contributed by atoms with E-state index in [-0.39, 0.29) is 11.5 Å². The van der Waals surface area contributed by atoms with Crippen LogP contribution < -0.4 is 10.5 Å². The third-order valence-corrected chi connectivity index (χ3v) is 5.04. The minimum absolute atomic E-state index is 0.180. The molecule has 0 aliphatic carbocycles. The maximum absolute atomic E-state index is 12.2. The second-order valence-corrected chi connectivity index (χ2v) is 7.13. The van der Waals surface area contributed by atoms with Crippen molar-refractivity contribution in [2.45, 2.75) is 33.1 Å². The van der Waals surface area contributed by atoms with Crippen LogP contribution in [-0.2, 0) is 11.2 Å². The zero-order chi connectivity index (χ0) is 16.6. The molecule has 0 bridgehead atoms. The Balaban J connectivity index is 1.95. The monoisotopic (exact) mass is 336 g/mol. The fraction of sp³-hybridized carbons (Fsp3) is 0.600. The highest BCUT2D eigenvalue weighted by molar-refractivity contribution is 7.20. The third-order valence-electron chi connectivity index (χ3n) is 4.07. The Morgan fingerprint density at radius 1 is 1.48 bits per heavy atom. The van der Waals surface area contributed by atoms with Crippen LogP contribution in [0.4, 0.5) is 5.13 Å². The lowest BCUT2D eigenvalue weighted by molar-refractivity contribution is -0.142. The highest BCUT2D eigenvalue weighted by Gasteiger charge is 2.31. The molecule has 0 saturated carbocycles. The fourth-order valence-electron chi connectivity index (χ4n) is 3.04. The molecule has 8 heteroatoms. The van der Waals surface area contributed by atoms with Crippen molar-refractivity contribution in [3.8, 4) is 0 Å². The van der Waals surface area contributed by atoms with Crippen molar-refractivity contribution in [1.29, 1.82) is 0 Å². The number of fused-ring (bicyclic) bond motifs is 1. The van der Waals surface area contributed by atoms with Crippen molar-refractivity contribution in [2.24, 2.45) is 11.8 Å². The highest BCUT2D eigenvalue weighted by Crippen LogP contribution is 2.29. The molecule has 23 heavy (non-hydrogen) atoms. The van der Waals surface area contributed by atoms with Crippen LogP contribution in [0, 0.1) is 11.8 Å². The molecule has 2 aromatic heterocycles. The van der Waals surface area contributed by atoms with E-state index < -0.39 is 11.9 Å². The first-order chi connectivity index (χ1) is 11.0. The Kier molecular flexibility index (Phi) is 4.34. The number of carbonyl (C=O) groups is 1. The number of piperidine rings is 1. The molecule has 124 valence electrons. The molecular weight excluding hydrogens is 316 g/mol. The van der Waals surface area contributed by atoms with Gasteiger partial charge in [0.2, 0.25) is 10.1 Å². The molecule has 7 nitrogen and oxygen atoms in total. The molecule has 1 N–H and O–H groups in total. The van der Waals surface area contributed by atoms with Gasteiger partial charge in [0.25, 0.3) is 5.56 Å². The van der Waals surface area contributed by atoms with Crippen LogP contribution in [0.2, 0.25) is 0 Å². The van der Waals surface area contributed by atoms with Crippen LogP contribution in [0.25, 0.3) is 4.96 Å². The summed E-state index contributed by atoms with van der Waals surface area (Å²) in [6, 6.07) is 1.53. The average Bonchev–Trinajstić information content (AvgIpc) is 2.91. The first kappa shape index (κ1) is 15.9. The Labute approximate surface area is 137 Å². The minimum atomic E-state index is -0.775. The molecular formula is C15H20N4O3S. The normalized spacial score (nSPS) is 21.7. The third kappa shape index (κ3) is 3.21. The molecule has 0 radical (unpaired) electrons. The summed E-state index contributed by atoms with van der Waals surface area (Å²) in [7, 11) is 0. The molecule has 1 fully saturated rings. The molecule has 0 amide bonds. The Morgan fingerprint density at radius 3 is 2.96 bits per heavy atom. The number of hydrogen-bond donors (Lipinski definition) is 1. The van der Waals surface area contributed by atoms with Crippen LogP contribution in [0.3, 0.4) is 0 Å². The van der Waals surface area contributed by atoms with Crippen LogP contribution >= 0.6 is 11.3 Å². The number of aliphatic carboxylic acids is 1. The largest absolute Gasteiger partial charge is 0.481 e. The lowest BCUT2D eigenvalue weighted by atomic mass is 9.91. The van der Waals surface area contributed by atoms with Crippen molar-refractivity contribution < 1.29 is 9.90 Å². The number of anilines is 1. The second-order valence-electron chi connectivity index (χ2n) is 6.20. The van der Waals surface area contributed by atoms with Crippen LogP contribution in [0.5, 0.6) is 0 Å². The summed E-state index contributed by atoms with van der Waals surface area (Å²) in [4.78, 5) is 30.5. The van der Waals surface area contributed by atoms with Crippen LogP contribution in [0.1, 0.15) is 32.4 Å². The van der Waals surface area contributed by atoms with Gasteiger partial charge < -0.3 is 10.0 Å². The summed E-state index contributed by atoms with van der Waals surface area (Å²) in [5.74, 6) is -0.897. The highest BCUT2D eigenvalue weighted by atomic mass is 32.1. The average molecular weight is 336 g/mol. The van der Waals surface area contributed by atoms with Crippen molar-refractivity contribution >= 4 is 27.4 Å². The van der Waals surface area contributed by atoms with Gasteiger partial charge >= 0.3 is 5.97 Å². The van der Waals surface area contributed by atoms with E-state index in [9.17, 15) is 14.7 Å². The summed E-state index contributed by atoms with van der Waals surface area (Å²) in [6.45, 7) is 5.26. The van der Waals surface area contributed by atoms with E-state index in [0.717, 1.165) is 25.1 Å².